The molecule has 130 valence electrons. The summed E-state index contributed by atoms with van der Waals surface area (Å²) in [5.74, 6) is 0.245. The molecular weight excluding hydrogens is 312 g/mol. The molecule has 1 saturated heterocycles. The van der Waals surface area contributed by atoms with Crippen molar-refractivity contribution in [2.24, 2.45) is 0 Å². The highest BCUT2D eigenvalue weighted by Gasteiger charge is 2.26. The standard InChI is InChI=1S/C20H24N4O/c25-20(14-16-15-21-19-8-2-1-7-18(16)19)24-12-4-3-6-17(24)9-13-23-11-5-10-22-23/h1-2,5,7-8,10-11,15,17,21H,3-4,6,9,12-14H2. The Morgan fingerprint density at radius 1 is 1.24 bits per heavy atom. The molecule has 1 N–H and O–H groups in total. The molecule has 4 rings (SSSR count). The summed E-state index contributed by atoms with van der Waals surface area (Å²) in [7, 11) is 0. The molecule has 1 unspecified atom stereocenters. The van der Waals surface area contributed by atoms with Crippen molar-refractivity contribution < 1.29 is 4.79 Å². The molecule has 0 saturated carbocycles. The Morgan fingerprint density at radius 2 is 2.16 bits per heavy atom. The lowest BCUT2D eigenvalue weighted by Gasteiger charge is -2.36. The van der Waals surface area contributed by atoms with E-state index in [9.17, 15) is 4.79 Å². The van der Waals surface area contributed by atoms with Crippen LogP contribution < -0.4 is 0 Å². The van der Waals surface area contributed by atoms with E-state index in [0.717, 1.165) is 48.8 Å². The number of carbonyl (C=O) groups is 1. The van der Waals surface area contributed by atoms with E-state index in [1.807, 2.05) is 35.3 Å². The minimum atomic E-state index is 0.245. The fourth-order valence-corrected chi connectivity index (χ4v) is 3.89. The highest BCUT2D eigenvalue weighted by atomic mass is 16.2. The van der Waals surface area contributed by atoms with Gasteiger partial charge < -0.3 is 9.88 Å². The number of piperidine rings is 1. The van der Waals surface area contributed by atoms with Gasteiger partial charge in [-0.1, -0.05) is 18.2 Å². The maximum Gasteiger partial charge on any atom is 0.227 e. The van der Waals surface area contributed by atoms with Gasteiger partial charge in [-0.25, -0.2) is 0 Å². The van der Waals surface area contributed by atoms with Crippen LogP contribution in [0, 0.1) is 0 Å². The Labute approximate surface area is 147 Å². The molecule has 0 radical (unpaired) electrons. The van der Waals surface area contributed by atoms with Gasteiger partial charge in [-0.15, -0.1) is 0 Å². The number of benzene rings is 1. The van der Waals surface area contributed by atoms with Crippen LogP contribution in [0.1, 0.15) is 31.2 Å². The number of aromatic amines is 1. The molecule has 2 aromatic heterocycles. The molecule has 1 aliphatic heterocycles. The van der Waals surface area contributed by atoms with Crippen LogP contribution >= 0.6 is 0 Å². The predicted octanol–water partition coefficient (Wildman–Crippen LogP) is 3.38. The fourth-order valence-electron chi connectivity index (χ4n) is 3.89. The maximum absolute atomic E-state index is 13.0. The summed E-state index contributed by atoms with van der Waals surface area (Å²) in [5.41, 5.74) is 2.19. The van der Waals surface area contributed by atoms with E-state index >= 15 is 0 Å². The van der Waals surface area contributed by atoms with E-state index in [0.29, 0.717) is 12.5 Å². The Balaban J connectivity index is 1.45. The van der Waals surface area contributed by atoms with E-state index in [4.69, 9.17) is 0 Å². The first-order valence-electron chi connectivity index (χ1n) is 9.13. The number of aromatic nitrogens is 3. The van der Waals surface area contributed by atoms with Crippen molar-refractivity contribution >= 4 is 16.8 Å². The second-order valence-electron chi connectivity index (χ2n) is 6.83. The van der Waals surface area contributed by atoms with E-state index in [-0.39, 0.29) is 5.91 Å². The average Bonchev–Trinajstić information content (AvgIpc) is 3.30. The summed E-state index contributed by atoms with van der Waals surface area (Å²) >= 11 is 0. The summed E-state index contributed by atoms with van der Waals surface area (Å²) in [6.07, 6.45) is 10.6. The normalized spacial score (nSPS) is 17.9. The molecule has 1 atom stereocenters. The molecule has 0 aliphatic carbocycles. The highest BCUT2D eigenvalue weighted by molar-refractivity contribution is 5.89. The van der Waals surface area contributed by atoms with Crippen LogP contribution in [0.4, 0.5) is 0 Å². The fraction of sp³-hybridized carbons (Fsp3) is 0.400. The SMILES string of the molecule is O=C(Cc1c[nH]c2ccccc12)N1CCCCC1CCn1cccn1. The smallest absolute Gasteiger partial charge is 0.227 e. The number of aryl methyl sites for hydroxylation is 1. The second-order valence-corrected chi connectivity index (χ2v) is 6.83. The Morgan fingerprint density at radius 3 is 3.04 bits per heavy atom. The van der Waals surface area contributed by atoms with Gasteiger partial charge in [0.15, 0.2) is 0 Å². The van der Waals surface area contributed by atoms with E-state index in [1.54, 1.807) is 6.20 Å². The minimum Gasteiger partial charge on any atom is -0.361 e. The molecule has 5 heteroatoms. The quantitative estimate of drug-likeness (QED) is 0.776. The minimum absolute atomic E-state index is 0.245. The molecule has 0 bridgehead atoms. The predicted molar refractivity (Wildman–Crippen MR) is 98.2 cm³/mol. The van der Waals surface area contributed by atoms with Crippen LogP contribution in [0.2, 0.25) is 0 Å². The van der Waals surface area contributed by atoms with Crippen molar-refractivity contribution in [1.82, 2.24) is 19.7 Å². The number of likely N-dealkylation sites (tertiary alicyclic amines) is 1. The molecular formula is C20H24N4O. The number of H-pyrrole nitrogens is 1. The van der Waals surface area contributed by atoms with E-state index < -0.39 is 0 Å². The molecule has 5 nitrogen and oxygen atoms in total. The number of hydrogen-bond acceptors (Lipinski definition) is 2. The van der Waals surface area contributed by atoms with Crippen molar-refractivity contribution in [3.63, 3.8) is 0 Å². The van der Waals surface area contributed by atoms with Crippen molar-refractivity contribution in [1.29, 1.82) is 0 Å². The molecule has 0 spiro atoms. The van der Waals surface area contributed by atoms with Gasteiger partial charge in [0.05, 0.1) is 6.42 Å². The van der Waals surface area contributed by atoms with Gasteiger partial charge in [-0.3, -0.25) is 9.48 Å². The summed E-state index contributed by atoms with van der Waals surface area (Å²) in [4.78, 5) is 18.3. The van der Waals surface area contributed by atoms with Gasteiger partial charge in [0, 0.05) is 48.6 Å². The molecule has 1 amide bonds. The van der Waals surface area contributed by atoms with Crippen molar-refractivity contribution in [3.05, 3.63) is 54.5 Å². The molecule has 1 aromatic carbocycles. The molecule has 3 heterocycles. The van der Waals surface area contributed by atoms with Gasteiger partial charge in [0.25, 0.3) is 0 Å². The largest absolute Gasteiger partial charge is 0.361 e. The zero-order chi connectivity index (χ0) is 17.1. The van der Waals surface area contributed by atoms with Crippen LogP contribution in [-0.4, -0.2) is 38.2 Å². The number of para-hydroxylation sites is 1. The number of rotatable bonds is 5. The first-order chi connectivity index (χ1) is 12.3. The van der Waals surface area contributed by atoms with E-state index in [1.165, 1.54) is 6.42 Å². The number of nitrogens with zero attached hydrogens (tertiary/aromatic N) is 3. The number of amides is 1. The lowest BCUT2D eigenvalue weighted by Crippen LogP contribution is -2.44. The lowest BCUT2D eigenvalue weighted by atomic mass is 9.98. The Bertz CT molecular complexity index is 836. The van der Waals surface area contributed by atoms with Crippen LogP contribution in [0.3, 0.4) is 0 Å². The number of fused-ring (bicyclic) bond motifs is 1. The summed E-state index contributed by atoms with van der Waals surface area (Å²) < 4.78 is 1.96. The summed E-state index contributed by atoms with van der Waals surface area (Å²) in [6.45, 7) is 1.75. The Hall–Kier alpha value is -2.56. The highest BCUT2D eigenvalue weighted by Crippen LogP contribution is 2.23. The van der Waals surface area contributed by atoms with Crippen LogP contribution in [0.5, 0.6) is 0 Å². The van der Waals surface area contributed by atoms with Gasteiger partial charge in [0.1, 0.15) is 0 Å². The maximum atomic E-state index is 13.0. The summed E-state index contributed by atoms with van der Waals surface area (Å²) in [5, 5.41) is 5.43. The Kier molecular flexibility index (Phi) is 4.55. The van der Waals surface area contributed by atoms with Crippen molar-refractivity contribution in [2.45, 2.75) is 44.7 Å². The first kappa shape index (κ1) is 15.9. The van der Waals surface area contributed by atoms with Crippen molar-refractivity contribution in [2.75, 3.05) is 6.54 Å². The van der Waals surface area contributed by atoms with E-state index in [2.05, 4.69) is 27.1 Å². The molecule has 3 aromatic rings. The zero-order valence-corrected chi connectivity index (χ0v) is 14.4. The molecule has 25 heavy (non-hydrogen) atoms. The molecule has 1 aliphatic rings. The van der Waals surface area contributed by atoms with Gasteiger partial charge >= 0.3 is 0 Å². The number of carbonyl (C=O) groups excluding carboxylic acids is 1. The van der Waals surface area contributed by atoms with Crippen molar-refractivity contribution in [3.8, 4) is 0 Å². The third-order valence-corrected chi connectivity index (χ3v) is 5.21. The topological polar surface area (TPSA) is 53.9 Å². The monoisotopic (exact) mass is 336 g/mol. The number of hydrogen-bond donors (Lipinski definition) is 1. The third kappa shape index (κ3) is 3.45. The van der Waals surface area contributed by atoms with Gasteiger partial charge in [0.2, 0.25) is 5.91 Å². The molecule has 1 fully saturated rings. The third-order valence-electron chi connectivity index (χ3n) is 5.21. The van der Waals surface area contributed by atoms with Gasteiger partial charge in [-0.2, -0.15) is 5.10 Å². The average molecular weight is 336 g/mol. The van der Waals surface area contributed by atoms with Crippen LogP contribution in [0.25, 0.3) is 10.9 Å². The lowest BCUT2D eigenvalue weighted by molar-refractivity contribution is -0.134. The number of nitrogens with one attached hydrogen (secondary N) is 1. The second kappa shape index (κ2) is 7.13. The van der Waals surface area contributed by atoms with Gasteiger partial charge in [-0.05, 0) is 43.4 Å². The summed E-state index contributed by atoms with van der Waals surface area (Å²) in [6, 6.07) is 10.5. The van der Waals surface area contributed by atoms with Crippen LogP contribution in [-0.2, 0) is 17.8 Å². The zero-order valence-electron chi connectivity index (χ0n) is 14.4. The van der Waals surface area contributed by atoms with Crippen LogP contribution in [0.15, 0.2) is 48.9 Å². The first-order valence-corrected chi connectivity index (χ1v) is 9.13.